The number of nitrogens with zero attached hydrogens (tertiary/aromatic N) is 3. The molecule has 2 aromatic heterocycles. The Morgan fingerprint density at radius 3 is 2.96 bits per heavy atom. The van der Waals surface area contributed by atoms with Crippen LogP contribution in [0.3, 0.4) is 0 Å². The van der Waals surface area contributed by atoms with Gasteiger partial charge in [0.15, 0.2) is 0 Å². The van der Waals surface area contributed by atoms with Gasteiger partial charge in [0.2, 0.25) is 0 Å². The van der Waals surface area contributed by atoms with Gasteiger partial charge in [0, 0.05) is 48.0 Å². The predicted molar refractivity (Wildman–Crippen MR) is 108 cm³/mol. The second-order valence-corrected chi connectivity index (χ2v) is 8.55. The first-order valence-corrected chi connectivity index (χ1v) is 10.1. The summed E-state index contributed by atoms with van der Waals surface area (Å²) in [4.78, 5) is 6.69. The summed E-state index contributed by atoms with van der Waals surface area (Å²) in [5, 5.41) is 12.3. The minimum absolute atomic E-state index is 0.198. The van der Waals surface area contributed by atoms with Crippen LogP contribution in [0.4, 0.5) is 4.39 Å². The van der Waals surface area contributed by atoms with Crippen molar-refractivity contribution in [2.45, 2.75) is 51.3 Å². The van der Waals surface area contributed by atoms with Crippen molar-refractivity contribution in [1.82, 2.24) is 14.5 Å². The molecule has 4 nitrogen and oxygen atoms in total. The van der Waals surface area contributed by atoms with Crippen LogP contribution in [0.2, 0.25) is 0 Å². The van der Waals surface area contributed by atoms with E-state index in [-0.39, 0.29) is 5.82 Å². The topological polar surface area (TPSA) is 41.3 Å². The van der Waals surface area contributed by atoms with Crippen molar-refractivity contribution in [1.29, 1.82) is 0 Å². The summed E-state index contributed by atoms with van der Waals surface area (Å²) in [6, 6.07) is 7.80. The maximum Gasteiger partial charge on any atom is 0.147 e. The van der Waals surface area contributed by atoms with Gasteiger partial charge in [-0.15, -0.1) is 0 Å². The Bertz CT molecular complexity index is 1040. The fourth-order valence-electron chi connectivity index (χ4n) is 5.22. The molecule has 0 aliphatic carbocycles. The van der Waals surface area contributed by atoms with Crippen molar-refractivity contribution in [3.05, 3.63) is 64.9 Å². The summed E-state index contributed by atoms with van der Waals surface area (Å²) in [5.41, 5.74) is 3.66. The zero-order valence-electron chi connectivity index (χ0n) is 16.5. The van der Waals surface area contributed by atoms with Gasteiger partial charge >= 0.3 is 0 Å². The van der Waals surface area contributed by atoms with Crippen molar-refractivity contribution < 1.29 is 9.50 Å². The van der Waals surface area contributed by atoms with Crippen LogP contribution in [0, 0.1) is 12.7 Å². The Balaban J connectivity index is 1.71. The van der Waals surface area contributed by atoms with E-state index in [4.69, 9.17) is 0 Å². The fraction of sp³-hybridized carbons (Fsp3) is 0.435. The Morgan fingerprint density at radius 1 is 1.32 bits per heavy atom. The molecular weight excluding hydrogens is 353 g/mol. The van der Waals surface area contributed by atoms with Gasteiger partial charge < -0.3 is 9.67 Å². The molecule has 1 aromatic carbocycles. The van der Waals surface area contributed by atoms with E-state index in [1.807, 2.05) is 23.6 Å². The number of fused-ring (bicyclic) bond motifs is 5. The summed E-state index contributed by atoms with van der Waals surface area (Å²) >= 11 is 0. The molecule has 1 unspecified atom stereocenters. The first-order valence-electron chi connectivity index (χ1n) is 10.1. The molecule has 146 valence electrons. The van der Waals surface area contributed by atoms with Crippen molar-refractivity contribution in [2.24, 2.45) is 0 Å². The van der Waals surface area contributed by atoms with E-state index in [9.17, 15) is 5.11 Å². The molecule has 2 atom stereocenters. The van der Waals surface area contributed by atoms with Crippen molar-refractivity contribution >= 4 is 10.9 Å². The van der Waals surface area contributed by atoms with Crippen LogP contribution in [0.25, 0.3) is 10.9 Å². The van der Waals surface area contributed by atoms with Gasteiger partial charge in [-0.25, -0.2) is 4.39 Å². The van der Waals surface area contributed by atoms with E-state index in [2.05, 4.69) is 16.0 Å². The average Bonchev–Trinajstić information content (AvgIpc) is 3.25. The van der Waals surface area contributed by atoms with Crippen molar-refractivity contribution in [3.63, 3.8) is 0 Å². The molecule has 0 spiro atoms. The molecule has 4 heterocycles. The highest BCUT2D eigenvalue weighted by Gasteiger charge is 2.37. The maximum atomic E-state index is 15.2. The zero-order chi connectivity index (χ0) is 19.5. The first-order chi connectivity index (χ1) is 13.5. The number of hydrogen-bond donors (Lipinski definition) is 1. The lowest BCUT2D eigenvalue weighted by Gasteiger charge is -2.32. The third-order valence-corrected chi connectivity index (χ3v) is 6.49. The van der Waals surface area contributed by atoms with Crippen LogP contribution < -0.4 is 0 Å². The monoisotopic (exact) mass is 379 g/mol. The second kappa shape index (κ2) is 6.39. The summed E-state index contributed by atoms with van der Waals surface area (Å²) in [7, 11) is 0. The van der Waals surface area contributed by atoms with Crippen molar-refractivity contribution in [2.75, 3.05) is 13.1 Å². The van der Waals surface area contributed by atoms with E-state index in [0.717, 1.165) is 42.4 Å². The van der Waals surface area contributed by atoms with Crippen LogP contribution in [0.1, 0.15) is 48.2 Å². The standard InChI is InChI=1S/C23H26FN3O/c1-15-11-17-21-19-6-4-9-26(19)10-7-20(21)27(22(17)18(24)12-15)14-23(2,28)16-5-3-8-25-13-16/h3,5,8,11-13,19,28H,4,6-7,9-10,14H2,1-2H3/t19-,23?/m1/s1. The molecular formula is C23H26FN3O. The second-order valence-electron chi connectivity index (χ2n) is 8.55. The van der Waals surface area contributed by atoms with E-state index in [1.54, 1.807) is 25.4 Å². The highest BCUT2D eigenvalue weighted by molar-refractivity contribution is 5.87. The van der Waals surface area contributed by atoms with Crippen LogP contribution in [-0.4, -0.2) is 32.6 Å². The molecule has 1 fully saturated rings. The quantitative estimate of drug-likeness (QED) is 0.745. The Kier molecular flexibility index (Phi) is 4.07. The number of benzene rings is 1. The van der Waals surface area contributed by atoms with Gasteiger partial charge in [-0.1, -0.05) is 6.07 Å². The highest BCUT2D eigenvalue weighted by Crippen LogP contribution is 2.44. The predicted octanol–water partition coefficient (Wildman–Crippen LogP) is 4.08. The normalized spacial score (nSPS) is 21.5. The first kappa shape index (κ1) is 17.8. The molecule has 1 saturated heterocycles. The molecule has 0 bridgehead atoms. The zero-order valence-corrected chi connectivity index (χ0v) is 16.5. The largest absolute Gasteiger partial charge is 0.384 e. The van der Waals surface area contributed by atoms with Crippen molar-refractivity contribution in [3.8, 4) is 0 Å². The van der Waals surface area contributed by atoms with E-state index in [0.29, 0.717) is 18.1 Å². The van der Waals surface area contributed by atoms with Crippen LogP contribution in [0.15, 0.2) is 36.7 Å². The Morgan fingerprint density at radius 2 is 2.18 bits per heavy atom. The minimum atomic E-state index is -1.13. The summed E-state index contributed by atoms with van der Waals surface area (Å²) in [5.74, 6) is -0.198. The Labute approximate surface area is 164 Å². The SMILES string of the molecule is Cc1cc(F)c2c(c1)c1c(n2CC(C)(O)c2cccnc2)CCN2CCC[C@H]12. The molecule has 2 aliphatic rings. The molecule has 1 N–H and O–H groups in total. The molecule has 3 aromatic rings. The molecule has 5 heteroatoms. The van der Waals surface area contributed by atoms with Gasteiger partial charge in [0.25, 0.3) is 0 Å². The Hall–Kier alpha value is -2.24. The van der Waals surface area contributed by atoms with Crippen LogP contribution in [-0.2, 0) is 18.6 Å². The molecule has 0 radical (unpaired) electrons. The maximum absolute atomic E-state index is 15.2. The van der Waals surface area contributed by atoms with E-state index in [1.165, 1.54) is 17.7 Å². The number of aryl methyl sites for hydroxylation is 1. The van der Waals surface area contributed by atoms with Gasteiger partial charge in [-0.05, 0) is 62.6 Å². The number of pyridine rings is 1. The molecule has 28 heavy (non-hydrogen) atoms. The summed E-state index contributed by atoms with van der Waals surface area (Å²) < 4.78 is 17.2. The smallest absolute Gasteiger partial charge is 0.147 e. The van der Waals surface area contributed by atoms with E-state index < -0.39 is 5.60 Å². The van der Waals surface area contributed by atoms with Gasteiger partial charge in [-0.2, -0.15) is 0 Å². The summed E-state index contributed by atoms with van der Waals surface area (Å²) in [6.07, 6.45) is 6.60. The number of aliphatic hydroxyl groups is 1. The average molecular weight is 379 g/mol. The minimum Gasteiger partial charge on any atom is -0.384 e. The molecule has 5 rings (SSSR count). The third-order valence-electron chi connectivity index (χ3n) is 6.49. The molecule has 0 amide bonds. The number of rotatable bonds is 3. The lowest BCUT2D eigenvalue weighted by molar-refractivity contribution is 0.0379. The van der Waals surface area contributed by atoms with Crippen LogP contribution >= 0.6 is 0 Å². The lowest BCUT2D eigenvalue weighted by atomic mass is 9.95. The number of hydrogen-bond acceptors (Lipinski definition) is 3. The molecule has 0 saturated carbocycles. The summed E-state index contributed by atoms with van der Waals surface area (Å²) in [6.45, 7) is 6.19. The van der Waals surface area contributed by atoms with Gasteiger partial charge in [0.1, 0.15) is 11.4 Å². The molecule has 2 aliphatic heterocycles. The van der Waals surface area contributed by atoms with Crippen LogP contribution in [0.5, 0.6) is 0 Å². The number of halogens is 1. The van der Waals surface area contributed by atoms with E-state index >= 15 is 4.39 Å². The third kappa shape index (κ3) is 2.68. The highest BCUT2D eigenvalue weighted by atomic mass is 19.1. The lowest BCUT2D eigenvalue weighted by Crippen LogP contribution is -2.33. The number of aromatic nitrogens is 2. The van der Waals surface area contributed by atoms with Gasteiger partial charge in [-0.3, -0.25) is 9.88 Å². The fourth-order valence-corrected chi connectivity index (χ4v) is 5.22. The van der Waals surface area contributed by atoms with Gasteiger partial charge in [0.05, 0.1) is 12.1 Å².